The highest BCUT2D eigenvalue weighted by atomic mass is 16.1. The van der Waals surface area contributed by atoms with Crippen LogP contribution in [0.2, 0.25) is 0 Å². The molecule has 0 heterocycles. The zero-order valence-electron chi connectivity index (χ0n) is 9.82. The molecular formula is C14H21NO. The third-order valence-corrected chi connectivity index (χ3v) is 4.95. The number of hydrogen-bond acceptors (Lipinski definition) is 1. The van der Waals surface area contributed by atoms with Gasteiger partial charge in [-0.25, -0.2) is 0 Å². The molecule has 2 nitrogen and oxygen atoms in total. The van der Waals surface area contributed by atoms with E-state index >= 15 is 0 Å². The average Bonchev–Trinajstić information content (AvgIpc) is 2.24. The minimum absolute atomic E-state index is 0.300. The van der Waals surface area contributed by atoms with Gasteiger partial charge in [0, 0.05) is 12.5 Å². The first-order chi connectivity index (χ1) is 7.78. The predicted octanol–water partition coefficient (Wildman–Crippen LogP) is 2.36. The molecule has 0 unspecified atom stereocenters. The molecule has 0 aliphatic heterocycles. The summed E-state index contributed by atoms with van der Waals surface area (Å²) in [6.07, 6.45) is 8.50. The lowest BCUT2D eigenvalue weighted by Gasteiger charge is -2.53. The molecule has 1 amide bonds. The van der Waals surface area contributed by atoms with Crippen molar-refractivity contribution < 1.29 is 4.79 Å². The van der Waals surface area contributed by atoms with Crippen LogP contribution in [-0.2, 0) is 4.79 Å². The van der Waals surface area contributed by atoms with Gasteiger partial charge in [-0.3, -0.25) is 4.79 Å². The molecule has 0 atom stereocenters. The average molecular weight is 219 g/mol. The second kappa shape index (κ2) is 3.90. The van der Waals surface area contributed by atoms with E-state index in [0.29, 0.717) is 30.2 Å². The van der Waals surface area contributed by atoms with Gasteiger partial charge in [0.05, 0.1) is 0 Å². The van der Waals surface area contributed by atoms with Crippen molar-refractivity contribution in [2.75, 3.05) is 6.54 Å². The van der Waals surface area contributed by atoms with Crippen molar-refractivity contribution in [3.63, 3.8) is 0 Å². The van der Waals surface area contributed by atoms with Crippen LogP contribution in [0.25, 0.3) is 0 Å². The zero-order valence-corrected chi connectivity index (χ0v) is 9.82. The number of hydrogen-bond donors (Lipinski definition) is 1. The predicted molar refractivity (Wildman–Crippen MR) is 63.7 cm³/mol. The Morgan fingerprint density at radius 3 is 2.19 bits per heavy atom. The highest BCUT2D eigenvalue weighted by molar-refractivity contribution is 5.79. The summed E-state index contributed by atoms with van der Waals surface area (Å²) in [5, 5.41) is 3.00. The van der Waals surface area contributed by atoms with E-state index in [4.69, 9.17) is 0 Å². The van der Waals surface area contributed by atoms with Crippen LogP contribution in [0.5, 0.6) is 0 Å². The summed E-state index contributed by atoms with van der Waals surface area (Å²) in [5.74, 6) is 3.92. The largest absolute Gasteiger partial charge is 0.352 e. The molecule has 0 aromatic heterocycles. The maximum absolute atomic E-state index is 12.1. The van der Waals surface area contributed by atoms with Gasteiger partial charge < -0.3 is 5.32 Å². The Bertz CT molecular complexity index is 282. The van der Waals surface area contributed by atoms with E-state index in [2.05, 4.69) is 11.9 Å². The Kier molecular flexibility index (Phi) is 2.53. The van der Waals surface area contributed by atoms with Crippen molar-refractivity contribution in [3.8, 4) is 0 Å². The van der Waals surface area contributed by atoms with E-state index in [1.165, 1.54) is 32.1 Å². The van der Waals surface area contributed by atoms with Crippen LogP contribution < -0.4 is 5.32 Å². The zero-order chi connectivity index (χ0) is 11.1. The molecule has 0 aromatic carbocycles. The molecule has 4 rings (SSSR count). The van der Waals surface area contributed by atoms with E-state index in [0.717, 1.165) is 11.8 Å². The molecular weight excluding hydrogens is 198 g/mol. The molecule has 4 fully saturated rings. The Morgan fingerprint density at radius 1 is 1.12 bits per heavy atom. The van der Waals surface area contributed by atoms with Crippen molar-refractivity contribution in [2.45, 2.75) is 32.1 Å². The lowest BCUT2D eigenvalue weighted by Crippen LogP contribution is -2.51. The highest BCUT2D eigenvalue weighted by Crippen LogP contribution is 2.56. The minimum Gasteiger partial charge on any atom is -0.352 e. The number of carbonyl (C=O) groups excluding carboxylic acids is 1. The Morgan fingerprint density at radius 2 is 1.69 bits per heavy atom. The highest BCUT2D eigenvalue weighted by Gasteiger charge is 2.50. The van der Waals surface area contributed by atoms with E-state index in [-0.39, 0.29) is 0 Å². The summed E-state index contributed by atoms with van der Waals surface area (Å²) in [6.45, 7) is 4.28. The van der Waals surface area contributed by atoms with Gasteiger partial charge >= 0.3 is 0 Å². The molecule has 0 saturated heterocycles. The van der Waals surface area contributed by atoms with Gasteiger partial charge in [-0.15, -0.1) is 6.58 Å². The SMILES string of the molecule is C=CCNC(=O)C1C2CC3CC(C2)CC1C3. The lowest BCUT2D eigenvalue weighted by atomic mass is 9.51. The summed E-state index contributed by atoms with van der Waals surface area (Å²) in [5.41, 5.74) is 0. The van der Waals surface area contributed by atoms with Crippen molar-refractivity contribution in [1.82, 2.24) is 5.32 Å². The lowest BCUT2D eigenvalue weighted by molar-refractivity contribution is -0.137. The number of amides is 1. The van der Waals surface area contributed by atoms with E-state index in [1.807, 2.05) is 0 Å². The first kappa shape index (κ1) is 10.4. The summed E-state index contributed by atoms with van der Waals surface area (Å²) < 4.78 is 0. The number of nitrogens with one attached hydrogen (secondary N) is 1. The number of carbonyl (C=O) groups is 1. The quantitative estimate of drug-likeness (QED) is 0.725. The summed E-state index contributed by atoms with van der Waals surface area (Å²) in [6, 6.07) is 0. The molecule has 4 bridgehead atoms. The normalized spacial score (nSPS) is 44.4. The summed E-state index contributed by atoms with van der Waals surface area (Å²) in [4.78, 5) is 12.1. The summed E-state index contributed by atoms with van der Waals surface area (Å²) in [7, 11) is 0. The van der Waals surface area contributed by atoms with Gasteiger partial charge in [0.25, 0.3) is 0 Å². The molecule has 1 N–H and O–H groups in total. The van der Waals surface area contributed by atoms with Gasteiger partial charge in [-0.2, -0.15) is 0 Å². The molecule has 88 valence electrons. The van der Waals surface area contributed by atoms with E-state index < -0.39 is 0 Å². The topological polar surface area (TPSA) is 29.1 Å². The maximum Gasteiger partial charge on any atom is 0.223 e. The van der Waals surface area contributed by atoms with E-state index in [9.17, 15) is 4.79 Å². The molecule has 4 aliphatic carbocycles. The third-order valence-electron chi connectivity index (χ3n) is 4.95. The van der Waals surface area contributed by atoms with E-state index in [1.54, 1.807) is 6.08 Å². The fourth-order valence-corrected chi connectivity index (χ4v) is 4.64. The molecule has 0 spiro atoms. The van der Waals surface area contributed by atoms with Gasteiger partial charge in [0.2, 0.25) is 5.91 Å². The van der Waals surface area contributed by atoms with Crippen molar-refractivity contribution in [2.24, 2.45) is 29.6 Å². The molecule has 0 aromatic rings. The Labute approximate surface area is 97.5 Å². The monoisotopic (exact) mass is 219 g/mol. The first-order valence-corrected chi connectivity index (χ1v) is 6.66. The molecule has 2 heteroatoms. The van der Waals surface area contributed by atoms with Crippen molar-refractivity contribution in [1.29, 1.82) is 0 Å². The van der Waals surface area contributed by atoms with Crippen LogP contribution in [-0.4, -0.2) is 12.5 Å². The first-order valence-electron chi connectivity index (χ1n) is 6.66. The molecule has 4 saturated carbocycles. The molecule has 0 radical (unpaired) electrons. The molecule has 4 aliphatic rings. The fourth-order valence-electron chi connectivity index (χ4n) is 4.64. The van der Waals surface area contributed by atoms with Gasteiger partial charge in [-0.05, 0) is 55.8 Å². The Balaban J connectivity index is 1.71. The standard InChI is InChI=1S/C14H21NO/c1-2-3-15-14(16)13-11-5-9-4-10(7-11)8-12(13)6-9/h2,9-13H,1,3-8H2,(H,15,16). The van der Waals surface area contributed by atoms with Gasteiger partial charge in [-0.1, -0.05) is 6.08 Å². The van der Waals surface area contributed by atoms with Gasteiger partial charge in [0.1, 0.15) is 0 Å². The smallest absolute Gasteiger partial charge is 0.223 e. The van der Waals surface area contributed by atoms with Crippen LogP contribution in [0.1, 0.15) is 32.1 Å². The fraction of sp³-hybridized carbons (Fsp3) is 0.786. The van der Waals surface area contributed by atoms with Crippen LogP contribution in [0.4, 0.5) is 0 Å². The van der Waals surface area contributed by atoms with Crippen molar-refractivity contribution in [3.05, 3.63) is 12.7 Å². The van der Waals surface area contributed by atoms with Crippen LogP contribution in [0.3, 0.4) is 0 Å². The second-order valence-electron chi connectivity index (χ2n) is 5.99. The Hall–Kier alpha value is -0.790. The van der Waals surface area contributed by atoms with Crippen LogP contribution in [0, 0.1) is 29.6 Å². The summed E-state index contributed by atoms with van der Waals surface area (Å²) >= 11 is 0. The maximum atomic E-state index is 12.1. The third kappa shape index (κ3) is 1.59. The number of rotatable bonds is 3. The van der Waals surface area contributed by atoms with Crippen molar-refractivity contribution >= 4 is 5.91 Å². The van der Waals surface area contributed by atoms with Crippen LogP contribution in [0.15, 0.2) is 12.7 Å². The van der Waals surface area contributed by atoms with Crippen LogP contribution >= 0.6 is 0 Å². The van der Waals surface area contributed by atoms with Gasteiger partial charge in [0.15, 0.2) is 0 Å². The molecule has 16 heavy (non-hydrogen) atoms. The second-order valence-corrected chi connectivity index (χ2v) is 5.99. The minimum atomic E-state index is 0.300.